The maximum atomic E-state index is 12.6. The summed E-state index contributed by atoms with van der Waals surface area (Å²) in [4.78, 5) is 41.3. The highest BCUT2D eigenvalue weighted by atomic mass is 16.6. The number of hydrogen-bond acceptors (Lipinski definition) is 5. The minimum Gasteiger partial charge on any atom is -0.310 e. The average molecular weight is 358 g/mol. The Kier molecular flexibility index (Phi) is 3.17. The molecule has 1 aromatic rings. The van der Waals surface area contributed by atoms with Crippen molar-refractivity contribution in [2.75, 3.05) is 39.3 Å². The molecule has 4 aliphatic heterocycles. The van der Waals surface area contributed by atoms with Gasteiger partial charge in [0.15, 0.2) is 6.17 Å². The number of carbonyl (C=O) groups excluding carboxylic acids is 2. The summed E-state index contributed by atoms with van der Waals surface area (Å²) in [7, 11) is 0. The number of carbonyl (C=O) groups is 2. The number of nitrogens with zero attached hydrogens (tertiary/aromatic N) is 5. The lowest BCUT2D eigenvalue weighted by atomic mass is 10.1. The first-order valence-electron chi connectivity index (χ1n) is 8.95. The number of piperazine rings is 2. The smallest absolute Gasteiger partial charge is 0.310 e. The van der Waals surface area contributed by atoms with Crippen molar-refractivity contribution in [1.29, 1.82) is 0 Å². The van der Waals surface area contributed by atoms with Gasteiger partial charge in [-0.15, -0.1) is 0 Å². The largest absolute Gasteiger partial charge is 0.316 e. The van der Waals surface area contributed by atoms with Gasteiger partial charge in [0.25, 0.3) is 5.69 Å². The van der Waals surface area contributed by atoms with Crippen LogP contribution in [0.15, 0.2) is 24.3 Å². The lowest BCUT2D eigenvalue weighted by Crippen LogP contribution is -2.75. The third-order valence-electron chi connectivity index (χ3n) is 6.44. The number of quaternary nitrogens is 1. The first-order valence-corrected chi connectivity index (χ1v) is 8.95. The molecule has 5 rings (SSSR count). The van der Waals surface area contributed by atoms with Gasteiger partial charge in [-0.1, -0.05) is 0 Å². The second-order valence-corrected chi connectivity index (χ2v) is 7.61. The molecule has 0 saturated carbocycles. The van der Waals surface area contributed by atoms with Crippen LogP contribution in [-0.2, 0) is 16.1 Å². The molecule has 0 aromatic heterocycles. The molecule has 0 radical (unpaired) electrons. The van der Waals surface area contributed by atoms with Crippen LogP contribution in [0.5, 0.6) is 0 Å². The predicted octanol–water partition coefficient (Wildman–Crippen LogP) is -0.423. The summed E-state index contributed by atoms with van der Waals surface area (Å²) >= 11 is 0. The molecule has 9 nitrogen and oxygen atoms in total. The van der Waals surface area contributed by atoms with Gasteiger partial charge in [0.2, 0.25) is 6.17 Å². The molecule has 4 fully saturated rings. The van der Waals surface area contributed by atoms with Gasteiger partial charge in [-0.3, -0.25) is 34.0 Å². The van der Waals surface area contributed by atoms with E-state index in [0.717, 1.165) is 42.8 Å². The fourth-order valence-corrected chi connectivity index (χ4v) is 5.20. The van der Waals surface area contributed by atoms with Crippen molar-refractivity contribution in [2.24, 2.45) is 0 Å². The van der Waals surface area contributed by atoms with Crippen LogP contribution in [0.4, 0.5) is 5.69 Å². The Labute approximate surface area is 150 Å². The van der Waals surface area contributed by atoms with E-state index in [2.05, 4.69) is 4.90 Å². The fraction of sp³-hybridized carbons (Fsp3) is 0.529. The molecule has 0 bridgehead atoms. The molecule has 4 heterocycles. The molecule has 0 N–H and O–H groups in total. The molecular formula is C17H20N5O4+. The molecule has 2 amide bonds. The van der Waals surface area contributed by atoms with Gasteiger partial charge >= 0.3 is 11.8 Å². The number of nitro benzene ring substituents is 1. The van der Waals surface area contributed by atoms with Crippen molar-refractivity contribution in [3.05, 3.63) is 39.9 Å². The van der Waals surface area contributed by atoms with Crippen LogP contribution in [0.1, 0.15) is 5.56 Å². The van der Waals surface area contributed by atoms with Crippen LogP contribution in [0.25, 0.3) is 0 Å². The Bertz CT molecular complexity index is 812. The average Bonchev–Trinajstić information content (AvgIpc) is 3.21. The third-order valence-corrected chi connectivity index (χ3v) is 6.44. The van der Waals surface area contributed by atoms with E-state index in [-0.39, 0.29) is 29.8 Å². The number of non-ortho nitro benzene ring substituents is 1. The zero-order valence-electron chi connectivity index (χ0n) is 14.3. The van der Waals surface area contributed by atoms with Crippen LogP contribution in [0.2, 0.25) is 0 Å². The number of benzene rings is 1. The summed E-state index contributed by atoms with van der Waals surface area (Å²) in [6.07, 6.45) is -0.0684. The Balaban J connectivity index is 1.49. The monoisotopic (exact) mass is 358 g/mol. The van der Waals surface area contributed by atoms with Crippen LogP contribution in [-0.4, -0.2) is 87.5 Å². The first kappa shape index (κ1) is 15.7. The summed E-state index contributed by atoms with van der Waals surface area (Å²) in [6.45, 7) is 5.41. The van der Waals surface area contributed by atoms with Crippen LogP contribution >= 0.6 is 0 Å². The second kappa shape index (κ2) is 5.24. The summed E-state index contributed by atoms with van der Waals surface area (Å²) in [5.41, 5.74) is 1.11. The molecule has 26 heavy (non-hydrogen) atoms. The van der Waals surface area contributed by atoms with Gasteiger partial charge < -0.3 is 4.90 Å². The topological polar surface area (TPSA) is 87.0 Å². The molecule has 9 heteroatoms. The minimum absolute atomic E-state index is 0.0329. The van der Waals surface area contributed by atoms with Gasteiger partial charge in [-0.2, -0.15) is 0 Å². The fourth-order valence-electron chi connectivity index (χ4n) is 5.20. The van der Waals surface area contributed by atoms with E-state index in [1.54, 1.807) is 9.80 Å². The van der Waals surface area contributed by atoms with E-state index in [1.165, 1.54) is 12.1 Å². The van der Waals surface area contributed by atoms with E-state index < -0.39 is 4.92 Å². The van der Waals surface area contributed by atoms with Crippen molar-refractivity contribution in [2.45, 2.75) is 18.9 Å². The van der Waals surface area contributed by atoms with Gasteiger partial charge in [0, 0.05) is 30.8 Å². The minimum atomic E-state index is -0.394. The van der Waals surface area contributed by atoms with Crippen molar-refractivity contribution >= 4 is 17.5 Å². The van der Waals surface area contributed by atoms with Crippen molar-refractivity contribution in [3.8, 4) is 0 Å². The zero-order valence-corrected chi connectivity index (χ0v) is 14.3. The summed E-state index contributed by atoms with van der Waals surface area (Å²) in [6, 6.07) is 6.69. The van der Waals surface area contributed by atoms with Crippen molar-refractivity contribution in [3.63, 3.8) is 0 Å². The van der Waals surface area contributed by atoms with E-state index in [0.29, 0.717) is 13.1 Å². The molecule has 3 atom stereocenters. The number of rotatable bonds is 3. The Morgan fingerprint density at radius 2 is 1.69 bits per heavy atom. The maximum absolute atomic E-state index is 12.6. The van der Waals surface area contributed by atoms with Gasteiger partial charge in [-0.25, -0.2) is 0 Å². The van der Waals surface area contributed by atoms with Crippen LogP contribution in [0.3, 0.4) is 0 Å². The van der Waals surface area contributed by atoms with Gasteiger partial charge in [0.1, 0.15) is 6.54 Å². The molecule has 4 aliphatic rings. The SMILES string of the molecule is O=C1C(=O)N2CC[N+]3(Cc4ccc([N+](=O)[O-])cc4)CCN4CCN1C4C23. The van der Waals surface area contributed by atoms with E-state index in [4.69, 9.17) is 0 Å². The van der Waals surface area contributed by atoms with E-state index in [1.807, 2.05) is 12.1 Å². The molecule has 4 saturated heterocycles. The van der Waals surface area contributed by atoms with Gasteiger partial charge in [0.05, 0.1) is 31.1 Å². The molecule has 0 aliphatic carbocycles. The number of amides is 2. The Hall–Kier alpha value is -2.52. The number of nitro groups is 1. The van der Waals surface area contributed by atoms with Crippen molar-refractivity contribution < 1.29 is 19.0 Å². The highest BCUT2D eigenvalue weighted by molar-refractivity contribution is 6.35. The second-order valence-electron chi connectivity index (χ2n) is 7.61. The maximum Gasteiger partial charge on any atom is 0.316 e. The third kappa shape index (κ3) is 1.98. The lowest BCUT2D eigenvalue weighted by molar-refractivity contribution is -0.964. The molecule has 0 spiro atoms. The summed E-state index contributed by atoms with van der Waals surface area (Å²) in [5.74, 6) is -0.746. The Morgan fingerprint density at radius 3 is 2.42 bits per heavy atom. The Morgan fingerprint density at radius 1 is 1.00 bits per heavy atom. The highest BCUT2D eigenvalue weighted by Crippen LogP contribution is 2.41. The normalized spacial score (nSPS) is 32.9. The molecule has 3 unspecified atom stereocenters. The molecular weight excluding hydrogens is 338 g/mol. The molecule has 1 aromatic carbocycles. The van der Waals surface area contributed by atoms with E-state index in [9.17, 15) is 19.7 Å². The van der Waals surface area contributed by atoms with Gasteiger partial charge in [-0.05, 0) is 12.1 Å². The van der Waals surface area contributed by atoms with E-state index >= 15 is 0 Å². The first-order chi connectivity index (χ1) is 12.5. The predicted molar refractivity (Wildman–Crippen MR) is 89.4 cm³/mol. The summed E-state index contributed by atoms with van der Waals surface area (Å²) < 4.78 is 0.745. The van der Waals surface area contributed by atoms with Crippen molar-refractivity contribution in [1.82, 2.24) is 14.7 Å². The quantitative estimate of drug-likeness (QED) is 0.317. The highest BCUT2D eigenvalue weighted by Gasteiger charge is 2.64. The standard InChI is InChI=1S/C17H20N5O4/c23-16-17(24)20-8-10-22(11-12-1-3-13(4-2-12)21(25)26)9-7-18-5-6-19(16)14(18)15(20)22/h1-4,14-15H,5-11H2/q+1. The van der Waals surface area contributed by atoms with Crippen LogP contribution in [0, 0.1) is 10.1 Å². The number of hydrogen-bond donors (Lipinski definition) is 0. The molecule has 136 valence electrons. The zero-order chi connectivity index (χ0) is 18.1. The van der Waals surface area contributed by atoms with Crippen LogP contribution < -0.4 is 0 Å². The lowest BCUT2D eigenvalue weighted by Gasteiger charge is -2.53. The summed E-state index contributed by atoms with van der Waals surface area (Å²) in [5, 5.41) is 10.9.